The predicted octanol–water partition coefficient (Wildman–Crippen LogP) is 4.53. The monoisotopic (exact) mass is 435 g/mol. The van der Waals surface area contributed by atoms with Crippen molar-refractivity contribution in [3.8, 4) is 5.75 Å². The number of urea groups is 1. The van der Waals surface area contributed by atoms with E-state index >= 15 is 0 Å². The maximum atomic E-state index is 12.5. The van der Waals surface area contributed by atoms with Crippen LogP contribution in [0.4, 0.5) is 10.5 Å². The number of nitrogens with zero attached hydrogens (tertiary/aromatic N) is 2. The number of halogens is 2. The van der Waals surface area contributed by atoms with Gasteiger partial charge < -0.3 is 19.9 Å². The smallest absolute Gasteiger partial charge is 0.321 e. The third kappa shape index (κ3) is 6.54. The zero-order valence-electron chi connectivity index (χ0n) is 15.9. The van der Waals surface area contributed by atoms with Crippen molar-refractivity contribution in [3.05, 3.63) is 58.6 Å². The zero-order chi connectivity index (χ0) is 20.6. The van der Waals surface area contributed by atoms with Crippen LogP contribution < -0.4 is 10.1 Å². The van der Waals surface area contributed by atoms with Crippen LogP contribution in [-0.2, 0) is 4.79 Å². The molecule has 2 aromatic rings. The van der Waals surface area contributed by atoms with Gasteiger partial charge in [0, 0.05) is 41.9 Å². The molecule has 3 amide bonds. The molecule has 29 heavy (non-hydrogen) atoms. The molecular weight excluding hydrogens is 413 g/mol. The highest BCUT2D eigenvalue weighted by atomic mass is 35.5. The van der Waals surface area contributed by atoms with E-state index in [0.29, 0.717) is 54.3 Å². The van der Waals surface area contributed by atoms with Crippen LogP contribution in [0.15, 0.2) is 48.5 Å². The van der Waals surface area contributed by atoms with Crippen LogP contribution in [0.1, 0.15) is 12.8 Å². The van der Waals surface area contributed by atoms with E-state index in [1.54, 1.807) is 58.3 Å². The molecule has 1 aliphatic heterocycles. The number of nitrogens with one attached hydrogen (secondary N) is 1. The van der Waals surface area contributed by atoms with Gasteiger partial charge in [-0.3, -0.25) is 4.79 Å². The second kappa shape index (κ2) is 10.4. The summed E-state index contributed by atoms with van der Waals surface area (Å²) < 4.78 is 5.60. The fourth-order valence-corrected chi connectivity index (χ4v) is 3.40. The van der Waals surface area contributed by atoms with Crippen molar-refractivity contribution < 1.29 is 14.3 Å². The SMILES string of the molecule is O=C(CCOc1ccc(Cl)cc1)N1CCCN(C(=O)Nc2cccc(Cl)c2)CC1. The van der Waals surface area contributed by atoms with E-state index in [-0.39, 0.29) is 18.4 Å². The summed E-state index contributed by atoms with van der Waals surface area (Å²) in [4.78, 5) is 28.5. The number of hydrogen-bond donors (Lipinski definition) is 1. The summed E-state index contributed by atoms with van der Waals surface area (Å²) in [5, 5.41) is 4.06. The summed E-state index contributed by atoms with van der Waals surface area (Å²) >= 11 is 11.8. The van der Waals surface area contributed by atoms with Crippen LogP contribution in [0.5, 0.6) is 5.75 Å². The highest BCUT2D eigenvalue weighted by Crippen LogP contribution is 2.17. The maximum absolute atomic E-state index is 12.5. The van der Waals surface area contributed by atoms with E-state index in [9.17, 15) is 9.59 Å². The number of benzene rings is 2. The second-order valence-electron chi connectivity index (χ2n) is 6.71. The summed E-state index contributed by atoms with van der Waals surface area (Å²) in [5.74, 6) is 0.706. The van der Waals surface area contributed by atoms with Crippen molar-refractivity contribution in [2.45, 2.75) is 12.8 Å². The zero-order valence-corrected chi connectivity index (χ0v) is 17.5. The third-order valence-corrected chi connectivity index (χ3v) is 5.10. The van der Waals surface area contributed by atoms with Gasteiger partial charge in [0.15, 0.2) is 0 Å². The Morgan fingerprint density at radius 2 is 1.66 bits per heavy atom. The first-order valence-corrected chi connectivity index (χ1v) is 10.2. The molecule has 1 fully saturated rings. The summed E-state index contributed by atoms with van der Waals surface area (Å²) in [5.41, 5.74) is 0.652. The average molecular weight is 436 g/mol. The molecule has 0 radical (unpaired) electrons. The first-order valence-electron chi connectivity index (χ1n) is 9.49. The van der Waals surface area contributed by atoms with Crippen LogP contribution >= 0.6 is 23.2 Å². The molecule has 1 aliphatic rings. The van der Waals surface area contributed by atoms with Gasteiger partial charge in [0.2, 0.25) is 5.91 Å². The van der Waals surface area contributed by atoms with E-state index in [1.165, 1.54) is 0 Å². The van der Waals surface area contributed by atoms with E-state index < -0.39 is 0 Å². The summed E-state index contributed by atoms with van der Waals surface area (Å²) in [6.07, 6.45) is 1.02. The predicted molar refractivity (Wildman–Crippen MR) is 115 cm³/mol. The summed E-state index contributed by atoms with van der Waals surface area (Å²) in [6, 6.07) is 13.9. The largest absolute Gasteiger partial charge is 0.493 e. The average Bonchev–Trinajstić information content (AvgIpc) is 2.96. The van der Waals surface area contributed by atoms with Crippen molar-refractivity contribution in [1.82, 2.24) is 9.80 Å². The third-order valence-electron chi connectivity index (χ3n) is 4.61. The fraction of sp³-hybridized carbons (Fsp3) is 0.333. The van der Waals surface area contributed by atoms with E-state index in [4.69, 9.17) is 27.9 Å². The van der Waals surface area contributed by atoms with Crippen molar-refractivity contribution in [1.29, 1.82) is 0 Å². The van der Waals surface area contributed by atoms with Crippen LogP contribution in [-0.4, -0.2) is 54.5 Å². The lowest BCUT2D eigenvalue weighted by Gasteiger charge is -2.22. The molecule has 154 valence electrons. The van der Waals surface area contributed by atoms with E-state index in [0.717, 1.165) is 6.42 Å². The first kappa shape index (κ1) is 21.3. The molecule has 0 aliphatic carbocycles. The molecule has 0 bridgehead atoms. The van der Waals surface area contributed by atoms with E-state index in [2.05, 4.69) is 5.32 Å². The number of hydrogen-bond acceptors (Lipinski definition) is 3. The van der Waals surface area contributed by atoms with Gasteiger partial charge in [-0.15, -0.1) is 0 Å². The molecule has 0 atom stereocenters. The Kier molecular flexibility index (Phi) is 7.61. The minimum Gasteiger partial charge on any atom is -0.493 e. The number of rotatable bonds is 5. The molecule has 1 heterocycles. The number of anilines is 1. The van der Waals surface area contributed by atoms with Crippen molar-refractivity contribution in [2.75, 3.05) is 38.1 Å². The maximum Gasteiger partial charge on any atom is 0.321 e. The second-order valence-corrected chi connectivity index (χ2v) is 7.59. The lowest BCUT2D eigenvalue weighted by Crippen LogP contribution is -2.39. The molecule has 2 aromatic carbocycles. The lowest BCUT2D eigenvalue weighted by molar-refractivity contribution is -0.131. The van der Waals surface area contributed by atoms with Gasteiger partial charge in [-0.05, 0) is 48.9 Å². The Bertz CT molecular complexity index is 845. The summed E-state index contributed by atoms with van der Waals surface area (Å²) in [6.45, 7) is 2.51. The Labute approximate surface area is 180 Å². The number of carbonyl (C=O) groups is 2. The molecule has 0 spiro atoms. The molecule has 3 rings (SSSR count). The first-order chi connectivity index (χ1) is 14.0. The number of ether oxygens (including phenoxy) is 1. The van der Waals surface area contributed by atoms with Gasteiger partial charge in [-0.2, -0.15) is 0 Å². The molecule has 1 N–H and O–H groups in total. The van der Waals surface area contributed by atoms with Crippen LogP contribution in [0.25, 0.3) is 0 Å². The molecule has 0 unspecified atom stereocenters. The molecule has 0 aromatic heterocycles. The minimum absolute atomic E-state index is 0.0241. The Hall–Kier alpha value is -2.44. The Morgan fingerprint density at radius 3 is 2.41 bits per heavy atom. The van der Waals surface area contributed by atoms with E-state index in [1.807, 2.05) is 0 Å². The van der Waals surface area contributed by atoms with Crippen molar-refractivity contribution in [2.24, 2.45) is 0 Å². The number of carbonyl (C=O) groups excluding carboxylic acids is 2. The fourth-order valence-electron chi connectivity index (χ4n) is 3.08. The number of amides is 3. The van der Waals surface area contributed by atoms with Crippen molar-refractivity contribution in [3.63, 3.8) is 0 Å². The molecule has 6 nitrogen and oxygen atoms in total. The molecule has 0 saturated carbocycles. The lowest BCUT2D eigenvalue weighted by atomic mass is 10.3. The quantitative estimate of drug-likeness (QED) is 0.750. The van der Waals surface area contributed by atoms with Crippen LogP contribution in [0.3, 0.4) is 0 Å². The van der Waals surface area contributed by atoms with Crippen LogP contribution in [0, 0.1) is 0 Å². The van der Waals surface area contributed by atoms with Crippen molar-refractivity contribution >= 4 is 40.8 Å². The minimum atomic E-state index is -0.187. The van der Waals surface area contributed by atoms with Gasteiger partial charge in [-0.25, -0.2) is 4.79 Å². The molecule has 8 heteroatoms. The molecule has 1 saturated heterocycles. The van der Waals surface area contributed by atoms with Gasteiger partial charge in [0.05, 0.1) is 13.0 Å². The van der Waals surface area contributed by atoms with Gasteiger partial charge >= 0.3 is 6.03 Å². The Balaban J connectivity index is 1.44. The molecular formula is C21H23Cl2N3O3. The summed E-state index contributed by atoms with van der Waals surface area (Å²) in [7, 11) is 0. The normalized spacial score (nSPS) is 14.3. The Morgan fingerprint density at radius 1 is 0.931 bits per heavy atom. The van der Waals surface area contributed by atoms with Gasteiger partial charge in [-0.1, -0.05) is 29.3 Å². The highest BCUT2D eigenvalue weighted by Gasteiger charge is 2.22. The standard InChI is InChI=1S/C21H23Cl2N3O3/c22-16-5-7-19(8-6-16)29-14-9-20(27)25-10-2-11-26(13-12-25)21(28)24-18-4-1-3-17(23)15-18/h1,3-8,15H,2,9-14H2,(H,24,28). The van der Waals surface area contributed by atoms with Gasteiger partial charge in [0.25, 0.3) is 0 Å². The highest BCUT2D eigenvalue weighted by molar-refractivity contribution is 6.31. The van der Waals surface area contributed by atoms with Gasteiger partial charge in [0.1, 0.15) is 5.75 Å². The van der Waals surface area contributed by atoms with Crippen LogP contribution in [0.2, 0.25) is 10.0 Å². The topological polar surface area (TPSA) is 61.9 Å².